The molecular weight excluding hydrogens is 306 g/mol. The van der Waals surface area contributed by atoms with Gasteiger partial charge in [0.05, 0.1) is 5.56 Å². The van der Waals surface area contributed by atoms with Crippen LogP contribution in [0.5, 0.6) is 5.75 Å². The predicted molar refractivity (Wildman–Crippen MR) is 88.4 cm³/mol. The van der Waals surface area contributed by atoms with E-state index in [4.69, 9.17) is 15.0 Å². The molecule has 1 amide bonds. The Bertz CT molecular complexity index is 815. The van der Waals surface area contributed by atoms with Crippen molar-refractivity contribution in [3.8, 4) is 17.1 Å². The van der Waals surface area contributed by atoms with Gasteiger partial charge < -0.3 is 15.0 Å². The lowest BCUT2D eigenvalue weighted by Crippen LogP contribution is -2.16. The smallest absolute Gasteiger partial charge is 0.409 e. The Balaban J connectivity index is 1.66. The highest BCUT2D eigenvalue weighted by Crippen LogP contribution is 2.27. The average molecular weight is 323 g/mol. The molecule has 2 N–H and O–H groups in total. The molecule has 3 rings (SSSR count). The fourth-order valence-electron chi connectivity index (χ4n) is 2.40. The highest BCUT2D eigenvalue weighted by atomic mass is 16.5. The molecule has 1 heterocycles. The lowest BCUT2D eigenvalue weighted by atomic mass is 10.1. The van der Waals surface area contributed by atoms with Gasteiger partial charge in [-0.3, -0.25) is 0 Å². The molecule has 6 nitrogen and oxygen atoms in total. The van der Waals surface area contributed by atoms with Crippen LogP contribution < -0.4 is 10.5 Å². The maximum absolute atomic E-state index is 11.0. The number of aromatic nitrogens is 2. The second-order valence-electron chi connectivity index (χ2n) is 5.27. The number of hydrogen-bond acceptors (Lipinski definition) is 5. The van der Waals surface area contributed by atoms with Gasteiger partial charge in [0.15, 0.2) is 0 Å². The average Bonchev–Trinajstić information content (AvgIpc) is 3.04. The van der Waals surface area contributed by atoms with Gasteiger partial charge in [-0.25, -0.2) is 4.79 Å². The molecule has 0 bridgehead atoms. The van der Waals surface area contributed by atoms with Crippen molar-refractivity contribution in [1.82, 2.24) is 10.1 Å². The number of carbonyl (C=O) groups excluding carboxylic acids is 1. The molecule has 122 valence electrons. The summed E-state index contributed by atoms with van der Waals surface area (Å²) in [4.78, 5) is 15.3. The molecule has 2 aromatic carbocycles. The Morgan fingerprint density at radius 2 is 1.79 bits per heavy atom. The Kier molecular flexibility index (Phi) is 4.86. The minimum atomic E-state index is -0.881. The summed E-state index contributed by atoms with van der Waals surface area (Å²) in [5, 5.41) is 3.96. The molecule has 0 spiro atoms. The van der Waals surface area contributed by atoms with E-state index in [0.29, 0.717) is 29.4 Å². The van der Waals surface area contributed by atoms with E-state index < -0.39 is 6.09 Å². The van der Waals surface area contributed by atoms with Crippen LogP contribution in [0.3, 0.4) is 0 Å². The van der Waals surface area contributed by atoms with Crippen LogP contribution in [-0.4, -0.2) is 16.2 Å². The molecule has 0 aliphatic carbocycles. The molecule has 0 saturated carbocycles. The minimum Gasteiger partial charge on any atom is -0.410 e. The van der Waals surface area contributed by atoms with Gasteiger partial charge in [0.2, 0.25) is 11.7 Å². The molecule has 0 saturated heterocycles. The molecule has 0 aliphatic heterocycles. The summed E-state index contributed by atoms with van der Waals surface area (Å²) in [7, 11) is 0. The van der Waals surface area contributed by atoms with Crippen molar-refractivity contribution in [2.24, 2.45) is 5.73 Å². The van der Waals surface area contributed by atoms with Crippen LogP contribution in [0.15, 0.2) is 59.1 Å². The number of hydrogen-bond donors (Lipinski definition) is 1. The number of benzene rings is 2. The van der Waals surface area contributed by atoms with Crippen LogP contribution in [0.2, 0.25) is 0 Å². The van der Waals surface area contributed by atoms with E-state index in [-0.39, 0.29) is 0 Å². The van der Waals surface area contributed by atoms with E-state index in [1.165, 1.54) is 5.56 Å². The molecule has 24 heavy (non-hydrogen) atoms. The van der Waals surface area contributed by atoms with Crippen LogP contribution in [-0.2, 0) is 12.8 Å². The van der Waals surface area contributed by atoms with Gasteiger partial charge in [0.1, 0.15) is 5.75 Å². The first-order valence-electron chi connectivity index (χ1n) is 7.65. The first kappa shape index (κ1) is 15.7. The SMILES string of the molecule is NC(=O)Oc1ccccc1-c1noc(CCCc2ccccc2)n1. The third-order valence-corrected chi connectivity index (χ3v) is 3.51. The molecule has 0 aliphatic rings. The zero-order valence-electron chi connectivity index (χ0n) is 13.0. The van der Waals surface area contributed by atoms with E-state index >= 15 is 0 Å². The standard InChI is InChI=1S/C18H17N3O3/c19-18(22)23-15-11-5-4-10-14(15)17-20-16(24-21-17)12-6-9-13-7-2-1-3-8-13/h1-5,7-8,10-11H,6,9,12H2,(H2,19,22). The number of aryl methyl sites for hydroxylation is 2. The van der Waals surface area contributed by atoms with Gasteiger partial charge in [-0.2, -0.15) is 4.98 Å². The largest absolute Gasteiger partial charge is 0.410 e. The zero-order valence-corrected chi connectivity index (χ0v) is 13.0. The van der Waals surface area contributed by atoms with Gasteiger partial charge >= 0.3 is 6.09 Å². The van der Waals surface area contributed by atoms with Crippen molar-refractivity contribution in [3.05, 3.63) is 66.1 Å². The summed E-state index contributed by atoms with van der Waals surface area (Å²) < 4.78 is 10.2. The Labute approximate surface area is 139 Å². The van der Waals surface area contributed by atoms with E-state index in [1.807, 2.05) is 18.2 Å². The molecule has 0 fully saturated rings. The maximum Gasteiger partial charge on any atom is 0.409 e. The summed E-state index contributed by atoms with van der Waals surface area (Å²) in [6.07, 6.45) is 1.65. The van der Waals surface area contributed by atoms with Crippen LogP contribution in [0.25, 0.3) is 11.4 Å². The zero-order chi connectivity index (χ0) is 16.8. The number of rotatable bonds is 6. The number of amides is 1. The maximum atomic E-state index is 11.0. The van der Waals surface area contributed by atoms with Crippen molar-refractivity contribution in [2.75, 3.05) is 0 Å². The Hall–Kier alpha value is -3.15. The summed E-state index contributed by atoms with van der Waals surface area (Å²) in [5.74, 6) is 1.23. The first-order chi connectivity index (χ1) is 11.7. The van der Waals surface area contributed by atoms with Crippen molar-refractivity contribution in [1.29, 1.82) is 0 Å². The quantitative estimate of drug-likeness (QED) is 0.751. The Morgan fingerprint density at radius 3 is 2.58 bits per heavy atom. The summed E-state index contributed by atoms with van der Waals surface area (Å²) in [6.45, 7) is 0. The van der Waals surface area contributed by atoms with E-state index in [1.54, 1.807) is 24.3 Å². The number of carbonyl (C=O) groups is 1. The lowest BCUT2D eigenvalue weighted by molar-refractivity contribution is 0.211. The number of nitrogens with zero attached hydrogens (tertiary/aromatic N) is 2. The number of para-hydroxylation sites is 1. The second-order valence-corrected chi connectivity index (χ2v) is 5.27. The summed E-state index contributed by atoms with van der Waals surface area (Å²) >= 11 is 0. The number of primary amides is 1. The normalized spacial score (nSPS) is 10.5. The molecule has 1 aromatic heterocycles. The van der Waals surface area contributed by atoms with Gasteiger partial charge in [0.25, 0.3) is 0 Å². The Morgan fingerprint density at radius 1 is 1.04 bits per heavy atom. The van der Waals surface area contributed by atoms with Crippen LogP contribution in [0.1, 0.15) is 17.9 Å². The van der Waals surface area contributed by atoms with E-state index in [9.17, 15) is 4.79 Å². The van der Waals surface area contributed by atoms with Crippen LogP contribution >= 0.6 is 0 Å². The van der Waals surface area contributed by atoms with E-state index in [2.05, 4.69) is 22.3 Å². The summed E-state index contributed by atoms with van der Waals surface area (Å²) in [5.41, 5.74) is 6.91. The molecule has 0 radical (unpaired) electrons. The van der Waals surface area contributed by atoms with Crippen molar-refractivity contribution < 1.29 is 14.1 Å². The van der Waals surface area contributed by atoms with Gasteiger partial charge in [-0.15, -0.1) is 0 Å². The van der Waals surface area contributed by atoms with Crippen LogP contribution in [0.4, 0.5) is 4.79 Å². The minimum absolute atomic E-state index is 0.307. The fraction of sp³-hybridized carbons (Fsp3) is 0.167. The first-order valence-corrected chi connectivity index (χ1v) is 7.65. The predicted octanol–water partition coefficient (Wildman–Crippen LogP) is 3.37. The lowest BCUT2D eigenvalue weighted by Gasteiger charge is -2.04. The second kappa shape index (κ2) is 7.41. The third-order valence-electron chi connectivity index (χ3n) is 3.51. The molecule has 3 aromatic rings. The van der Waals surface area contributed by atoms with Crippen molar-refractivity contribution >= 4 is 6.09 Å². The third kappa shape index (κ3) is 3.98. The number of ether oxygens (including phenoxy) is 1. The molecular formula is C18H17N3O3. The topological polar surface area (TPSA) is 91.2 Å². The summed E-state index contributed by atoms with van der Waals surface area (Å²) in [6, 6.07) is 17.2. The van der Waals surface area contributed by atoms with Crippen molar-refractivity contribution in [3.63, 3.8) is 0 Å². The van der Waals surface area contributed by atoms with Crippen LogP contribution in [0, 0.1) is 0 Å². The highest BCUT2D eigenvalue weighted by molar-refractivity contribution is 5.73. The van der Waals surface area contributed by atoms with Crippen molar-refractivity contribution in [2.45, 2.75) is 19.3 Å². The van der Waals surface area contributed by atoms with Gasteiger partial charge in [-0.1, -0.05) is 47.6 Å². The molecule has 6 heteroatoms. The number of nitrogens with two attached hydrogens (primary N) is 1. The van der Waals surface area contributed by atoms with Gasteiger partial charge in [-0.05, 0) is 30.5 Å². The highest BCUT2D eigenvalue weighted by Gasteiger charge is 2.14. The monoisotopic (exact) mass is 323 g/mol. The molecule has 0 atom stereocenters. The van der Waals surface area contributed by atoms with E-state index in [0.717, 1.165) is 12.8 Å². The fourth-order valence-corrected chi connectivity index (χ4v) is 2.40. The van der Waals surface area contributed by atoms with Gasteiger partial charge in [0, 0.05) is 6.42 Å². The molecule has 0 unspecified atom stereocenters.